The molecule has 2 aromatic carbocycles. The first-order valence-corrected chi connectivity index (χ1v) is 7.29. The van der Waals surface area contributed by atoms with Crippen LogP contribution in [-0.4, -0.2) is 26.0 Å². The monoisotopic (exact) mass is 344 g/mol. The van der Waals surface area contributed by atoms with Gasteiger partial charge in [-0.05, 0) is 48.0 Å². The van der Waals surface area contributed by atoms with Crippen molar-refractivity contribution in [1.82, 2.24) is 10.9 Å². The Hall–Kier alpha value is -3.35. The predicted molar refractivity (Wildman–Crippen MR) is 90.6 cm³/mol. The highest BCUT2D eigenvalue weighted by atomic mass is 19.1. The fourth-order valence-electron chi connectivity index (χ4n) is 1.93. The molecular formula is C18H17FN2O4. The number of halogens is 1. The molecule has 0 aromatic heterocycles. The number of methoxy groups -OCH3 is 2. The van der Waals surface area contributed by atoms with Gasteiger partial charge in [-0.3, -0.25) is 20.4 Å². The average molecular weight is 344 g/mol. The van der Waals surface area contributed by atoms with E-state index in [9.17, 15) is 14.0 Å². The number of hydrazine groups is 1. The van der Waals surface area contributed by atoms with Gasteiger partial charge in [-0.1, -0.05) is 0 Å². The van der Waals surface area contributed by atoms with E-state index in [1.165, 1.54) is 32.4 Å². The van der Waals surface area contributed by atoms with Gasteiger partial charge in [0, 0.05) is 17.7 Å². The molecule has 2 rings (SSSR count). The van der Waals surface area contributed by atoms with Gasteiger partial charge in [-0.25, -0.2) is 4.39 Å². The summed E-state index contributed by atoms with van der Waals surface area (Å²) >= 11 is 0. The zero-order valence-electron chi connectivity index (χ0n) is 13.7. The second-order valence-corrected chi connectivity index (χ2v) is 4.93. The van der Waals surface area contributed by atoms with Gasteiger partial charge in [0.1, 0.15) is 17.3 Å². The van der Waals surface area contributed by atoms with Crippen molar-refractivity contribution >= 4 is 17.9 Å². The molecule has 0 heterocycles. The van der Waals surface area contributed by atoms with Crippen molar-refractivity contribution < 1.29 is 23.5 Å². The van der Waals surface area contributed by atoms with E-state index >= 15 is 0 Å². The maximum absolute atomic E-state index is 12.8. The molecule has 2 N–H and O–H groups in total. The Bertz CT molecular complexity index is 766. The minimum Gasteiger partial charge on any atom is -0.497 e. The fourth-order valence-corrected chi connectivity index (χ4v) is 1.93. The van der Waals surface area contributed by atoms with Crippen molar-refractivity contribution in [3.8, 4) is 11.5 Å². The van der Waals surface area contributed by atoms with Crippen molar-refractivity contribution in [1.29, 1.82) is 0 Å². The Balaban J connectivity index is 1.94. The molecule has 0 atom stereocenters. The maximum atomic E-state index is 12.8. The summed E-state index contributed by atoms with van der Waals surface area (Å²) in [6.45, 7) is 0. The fraction of sp³-hybridized carbons (Fsp3) is 0.111. The zero-order valence-corrected chi connectivity index (χ0v) is 13.7. The lowest BCUT2D eigenvalue weighted by atomic mass is 10.2. The van der Waals surface area contributed by atoms with Crippen molar-refractivity contribution in [2.24, 2.45) is 0 Å². The molecule has 25 heavy (non-hydrogen) atoms. The number of nitrogens with one attached hydrogen (secondary N) is 2. The standard InChI is InChI=1S/C18H17FN2O4/c1-24-15-9-12(10-16(11-15)25-2)3-8-17(22)20-21-18(23)13-4-6-14(19)7-5-13/h3-11H,1-2H3,(H,20,22)(H,21,23)/b8-3+. The molecule has 0 saturated carbocycles. The molecule has 2 amide bonds. The third-order valence-corrected chi connectivity index (χ3v) is 3.21. The Morgan fingerprint density at radius 1 is 0.960 bits per heavy atom. The topological polar surface area (TPSA) is 76.7 Å². The normalized spacial score (nSPS) is 10.4. The van der Waals surface area contributed by atoms with Crippen LogP contribution in [0, 0.1) is 5.82 Å². The Labute approximate surface area is 144 Å². The molecule has 0 aliphatic rings. The molecule has 0 radical (unpaired) electrons. The molecule has 0 saturated heterocycles. The van der Waals surface area contributed by atoms with Crippen LogP contribution in [0.5, 0.6) is 11.5 Å². The number of ether oxygens (including phenoxy) is 2. The molecule has 6 nitrogen and oxygen atoms in total. The van der Waals surface area contributed by atoms with Crippen LogP contribution in [0.3, 0.4) is 0 Å². The lowest BCUT2D eigenvalue weighted by molar-refractivity contribution is -0.117. The van der Waals surface area contributed by atoms with E-state index in [0.717, 1.165) is 12.1 Å². The van der Waals surface area contributed by atoms with Crippen molar-refractivity contribution in [3.05, 3.63) is 65.5 Å². The molecular weight excluding hydrogens is 327 g/mol. The van der Waals surface area contributed by atoms with E-state index in [0.29, 0.717) is 17.1 Å². The third-order valence-electron chi connectivity index (χ3n) is 3.21. The summed E-state index contributed by atoms with van der Waals surface area (Å²) in [4.78, 5) is 23.6. The van der Waals surface area contributed by atoms with Crippen LogP contribution in [0.4, 0.5) is 4.39 Å². The minimum atomic E-state index is -0.551. The van der Waals surface area contributed by atoms with Crippen molar-refractivity contribution in [3.63, 3.8) is 0 Å². The summed E-state index contributed by atoms with van der Waals surface area (Å²) in [5, 5.41) is 0. The summed E-state index contributed by atoms with van der Waals surface area (Å²) in [5.74, 6) is -0.354. The first-order valence-electron chi connectivity index (χ1n) is 7.29. The van der Waals surface area contributed by atoms with Gasteiger partial charge in [0.15, 0.2) is 0 Å². The highest BCUT2D eigenvalue weighted by Crippen LogP contribution is 2.23. The number of rotatable bonds is 5. The highest BCUT2D eigenvalue weighted by Gasteiger charge is 2.06. The summed E-state index contributed by atoms with van der Waals surface area (Å²) in [5.41, 5.74) is 5.40. The van der Waals surface area contributed by atoms with Gasteiger partial charge in [-0.2, -0.15) is 0 Å². The Morgan fingerprint density at radius 2 is 1.56 bits per heavy atom. The van der Waals surface area contributed by atoms with Crippen LogP contribution < -0.4 is 20.3 Å². The van der Waals surface area contributed by atoms with E-state index in [4.69, 9.17) is 9.47 Å². The molecule has 0 aliphatic heterocycles. The van der Waals surface area contributed by atoms with Crippen LogP contribution in [0.1, 0.15) is 15.9 Å². The van der Waals surface area contributed by atoms with E-state index < -0.39 is 17.6 Å². The largest absolute Gasteiger partial charge is 0.497 e. The van der Waals surface area contributed by atoms with Crippen molar-refractivity contribution in [2.45, 2.75) is 0 Å². The lowest BCUT2D eigenvalue weighted by Crippen LogP contribution is -2.40. The first-order chi connectivity index (χ1) is 12.0. The summed E-state index contributed by atoms with van der Waals surface area (Å²) in [6, 6.07) is 10.1. The van der Waals surface area contributed by atoms with Gasteiger partial charge in [0.25, 0.3) is 11.8 Å². The second kappa shape index (κ2) is 8.49. The van der Waals surface area contributed by atoms with Crippen LogP contribution >= 0.6 is 0 Å². The Morgan fingerprint density at radius 3 is 2.12 bits per heavy atom. The third kappa shape index (κ3) is 5.35. The van der Waals surface area contributed by atoms with Gasteiger partial charge < -0.3 is 9.47 Å². The van der Waals surface area contributed by atoms with Gasteiger partial charge >= 0.3 is 0 Å². The number of amides is 2. The van der Waals surface area contributed by atoms with Gasteiger partial charge in [-0.15, -0.1) is 0 Å². The van der Waals surface area contributed by atoms with Gasteiger partial charge in [0.05, 0.1) is 14.2 Å². The zero-order chi connectivity index (χ0) is 18.2. The van der Waals surface area contributed by atoms with Crippen LogP contribution in [0.25, 0.3) is 6.08 Å². The number of hydrogen-bond acceptors (Lipinski definition) is 4. The van der Waals surface area contributed by atoms with E-state index in [1.54, 1.807) is 24.3 Å². The molecule has 2 aromatic rings. The molecule has 0 unspecified atom stereocenters. The van der Waals surface area contributed by atoms with Crippen LogP contribution in [-0.2, 0) is 4.79 Å². The molecule has 0 spiro atoms. The maximum Gasteiger partial charge on any atom is 0.269 e. The highest BCUT2D eigenvalue weighted by molar-refractivity contribution is 5.97. The summed E-state index contributed by atoms with van der Waals surface area (Å²) < 4.78 is 23.1. The van der Waals surface area contributed by atoms with Crippen LogP contribution in [0.15, 0.2) is 48.5 Å². The van der Waals surface area contributed by atoms with Crippen molar-refractivity contribution in [2.75, 3.05) is 14.2 Å². The minimum absolute atomic E-state index is 0.225. The number of carbonyl (C=O) groups excluding carboxylic acids is 2. The van der Waals surface area contributed by atoms with Gasteiger partial charge in [0.2, 0.25) is 0 Å². The molecule has 0 bridgehead atoms. The molecule has 0 fully saturated rings. The van der Waals surface area contributed by atoms with Crippen LogP contribution in [0.2, 0.25) is 0 Å². The quantitative estimate of drug-likeness (QED) is 0.645. The molecule has 7 heteroatoms. The van der Waals surface area contributed by atoms with E-state index in [-0.39, 0.29) is 5.56 Å². The van der Waals surface area contributed by atoms with E-state index in [2.05, 4.69) is 10.9 Å². The number of carbonyl (C=O) groups is 2. The second-order valence-electron chi connectivity index (χ2n) is 4.93. The average Bonchev–Trinajstić information content (AvgIpc) is 2.64. The lowest BCUT2D eigenvalue weighted by Gasteiger charge is -2.06. The predicted octanol–water partition coefficient (Wildman–Crippen LogP) is 2.32. The van der Waals surface area contributed by atoms with E-state index in [1.807, 2.05) is 0 Å². The SMILES string of the molecule is COc1cc(/C=C/C(=O)NNC(=O)c2ccc(F)cc2)cc(OC)c1. The Kier molecular flexibility index (Phi) is 6.11. The summed E-state index contributed by atoms with van der Waals surface area (Å²) in [7, 11) is 3.06. The molecule has 0 aliphatic carbocycles. The molecule has 130 valence electrons. The number of benzene rings is 2. The summed E-state index contributed by atoms with van der Waals surface area (Å²) in [6.07, 6.45) is 2.80. The smallest absolute Gasteiger partial charge is 0.269 e. The number of hydrogen-bond donors (Lipinski definition) is 2. The first kappa shape index (κ1) is 18.0.